The Labute approximate surface area is 140 Å². The predicted molar refractivity (Wildman–Crippen MR) is 88.7 cm³/mol. The van der Waals surface area contributed by atoms with Crippen LogP contribution in [0, 0.1) is 0 Å². The van der Waals surface area contributed by atoms with Crippen LogP contribution in [0.5, 0.6) is 0 Å². The molecule has 0 spiro atoms. The molecule has 0 aromatic heterocycles. The summed E-state index contributed by atoms with van der Waals surface area (Å²) in [6.07, 6.45) is 4.20. The van der Waals surface area contributed by atoms with Crippen molar-refractivity contribution in [3.8, 4) is 0 Å². The molecule has 3 rings (SSSR count). The van der Waals surface area contributed by atoms with Gasteiger partial charge in [0, 0.05) is 12.1 Å². The molecule has 24 heavy (non-hydrogen) atoms. The molecule has 1 aromatic carbocycles. The molecule has 0 atom stereocenters. The number of benzene rings is 1. The molecule has 1 fully saturated rings. The van der Waals surface area contributed by atoms with Crippen molar-refractivity contribution >= 4 is 23.5 Å². The number of carbonyl (C=O) groups excluding carboxylic acids is 2. The molecule has 1 aliphatic heterocycles. The first-order valence-corrected chi connectivity index (χ1v) is 8.40. The smallest absolute Gasteiger partial charge is 0.305 e. The molecule has 0 radical (unpaired) electrons. The molecule has 1 heterocycles. The Morgan fingerprint density at radius 1 is 1.17 bits per heavy atom. The lowest BCUT2D eigenvalue weighted by Gasteiger charge is -2.32. The second-order valence-electron chi connectivity index (χ2n) is 6.71. The van der Waals surface area contributed by atoms with Crippen molar-refractivity contribution in [3.63, 3.8) is 0 Å². The summed E-state index contributed by atoms with van der Waals surface area (Å²) in [4.78, 5) is 37.4. The lowest BCUT2D eigenvalue weighted by Crippen LogP contribution is -2.52. The van der Waals surface area contributed by atoms with E-state index in [2.05, 4.69) is 5.32 Å². The number of amides is 2. The van der Waals surface area contributed by atoms with Gasteiger partial charge in [-0.05, 0) is 30.9 Å². The van der Waals surface area contributed by atoms with E-state index in [-0.39, 0.29) is 24.8 Å². The maximum absolute atomic E-state index is 12.5. The van der Waals surface area contributed by atoms with Crippen molar-refractivity contribution in [2.45, 2.75) is 50.5 Å². The van der Waals surface area contributed by atoms with Crippen LogP contribution in [0.15, 0.2) is 24.3 Å². The van der Waals surface area contributed by atoms with Crippen molar-refractivity contribution in [3.05, 3.63) is 29.8 Å². The van der Waals surface area contributed by atoms with Gasteiger partial charge < -0.3 is 15.3 Å². The first-order valence-electron chi connectivity index (χ1n) is 8.40. The zero-order chi connectivity index (χ0) is 17.2. The molecule has 128 valence electrons. The molecule has 1 aromatic rings. The molecular formula is C18H22N2O4. The van der Waals surface area contributed by atoms with E-state index in [1.54, 1.807) is 0 Å². The minimum Gasteiger partial charge on any atom is -0.481 e. The van der Waals surface area contributed by atoms with Crippen LogP contribution in [-0.4, -0.2) is 35.0 Å². The van der Waals surface area contributed by atoms with Gasteiger partial charge in [-0.3, -0.25) is 14.4 Å². The average Bonchev–Trinajstić information content (AvgIpc) is 2.97. The first kappa shape index (κ1) is 16.5. The van der Waals surface area contributed by atoms with Gasteiger partial charge >= 0.3 is 5.97 Å². The monoisotopic (exact) mass is 330 g/mol. The molecule has 0 saturated heterocycles. The van der Waals surface area contributed by atoms with Crippen molar-refractivity contribution in [1.82, 2.24) is 5.32 Å². The van der Waals surface area contributed by atoms with Gasteiger partial charge in [0.25, 0.3) is 0 Å². The SMILES string of the molecule is O=C(O)CC1(NC(=O)CN2C(=O)CCc3ccccc32)CCCC1. The van der Waals surface area contributed by atoms with E-state index in [1.807, 2.05) is 24.3 Å². The number of anilines is 1. The largest absolute Gasteiger partial charge is 0.481 e. The number of hydrogen-bond donors (Lipinski definition) is 2. The number of rotatable bonds is 5. The number of aliphatic carboxylic acids is 1. The van der Waals surface area contributed by atoms with Gasteiger partial charge in [-0.1, -0.05) is 31.0 Å². The Morgan fingerprint density at radius 3 is 2.58 bits per heavy atom. The van der Waals surface area contributed by atoms with Crippen molar-refractivity contribution in [2.75, 3.05) is 11.4 Å². The van der Waals surface area contributed by atoms with Crippen LogP contribution in [-0.2, 0) is 20.8 Å². The van der Waals surface area contributed by atoms with Gasteiger partial charge in [0.15, 0.2) is 0 Å². The number of para-hydroxylation sites is 1. The second-order valence-corrected chi connectivity index (χ2v) is 6.71. The topological polar surface area (TPSA) is 86.7 Å². The van der Waals surface area contributed by atoms with Gasteiger partial charge in [-0.25, -0.2) is 0 Å². The molecule has 6 nitrogen and oxygen atoms in total. The van der Waals surface area contributed by atoms with Gasteiger partial charge in [-0.2, -0.15) is 0 Å². The van der Waals surface area contributed by atoms with Crippen LogP contribution in [0.4, 0.5) is 5.69 Å². The summed E-state index contributed by atoms with van der Waals surface area (Å²) >= 11 is 0. The summed E-state index contributed by atoms with van der Waals surface area (Å²) in [5.41, 5.74) is 1.18. The lowest BCUT2D eigenvalue weighted by molar-refractivity contribution is -0.139. The molecule has 0 unspecified atom stereocenters. The fourth-order valence-corrected chi connectivity index (χ4v) is 3.84. The highest BCUT2D eigenvalue weighted by molar-refractivity contribution is 6.01. The normalized spacial score (nSPS) is 19.0. The van der Waals surface area contributed by atoms with Gasteiger partial charge in [-0.15, -0.1) is 0 Å². The summed E-state index contributed by atoms with van der Waals surface area (Å²) in [7, 11) is 0. The van der Waals surface area contributed by atoms with Gasteiger partial charge in [0.2, 0.25) is 11.8 Å². The number of fused-ring (bicyclic) bond motifs is 1. The molecule has 2 amide bonds. The Bertz CT molecular complexity index is 665. The van der Waals surface area contributed by atoms with Crippen molar-refractivity contribution < 1.29 is 19.5 Å². The molecule has 2 N–H and O–H groups in total. The zero-order valence-corrected chi connectivity index (χ0v) is 13.6. The summed E-state index contributed by atoms with van der Waals surface area (Å²) in [5, 5.41) is 12.0. The third kappa shape index (κ3) is 3.42. The van der Waals surface area contributed by atoms with Crippen molar-refractivity contribution in [2.24, 2.45) is 0 Å². The fourth-order valence-electron chi connectivity index (χ4n) is 3.84. The summed E-state index contributed by atoms with van der Waals surface area (Å²) in [6, 6.07) is 7.59. The lowest BCUT2D eigenvalue weighted by atomic mass is 9.93. The Morgan fingerprint density at radius 2 is 1.88 bits per heavy atom. The van der Waals surface area contributed by atoms with Gasteiger partial charge in [0.05, 0.1) is 12.0 Å². The highest BCUT2D eigenvalue weighted by Crippen LogP contribution is 2.33. The number of hydrogen-bond acceptors (Lipinski definition) is 3. The molecule has 2 aliphatic rings. The van der Waals surface area contributed by atoms with Crippen LogP contribution >= 0.6 is 0 Å². The van der Waals surface area contributed by atoms with E-state index >= 15 is 0 Å². The predicted octanol–water partition coefficient (Wildman–Crippen LogP) is 1.87. The van der Waals surface area contributed by atoms with Crippen LogP contribution in [0.3, 0.4) is 0 Å². The standard InChI is InChI=1S/C18H22N2O4/c21-15(19-18(11-17(23)24)9-3-4-10-18)12-20-14-6-2-1-5-13(14)7-8-16(20)22/h1-2,5-6H,3-4,7-12H2,(H,19,21)(H,23,24). The number of aryl methyl sites for hydroxylation is 1. The Balaban J connectivity index is 1.72. The van der Waals surface area contributed by atoms with Crippen LogP contribution in [0.25, 0.3) is 0 Å². The maximum atomic E-state index is 12.5. The Kier molecular flexibility index (Phi) is 4.55. The van der Waals surface area contributed by atoms with E-state index in [9.17, 15) is 14.4 Å². The second kappa shape index (κ2) is 6.63. The number of carbonyl (C=O) groups is 3. The minimum absolute atomic E-state index is 0.0583. The summed E-state index contributed by atoms with van der Waals surface area (Å²) in [5.74, 6) is -1.26. The summed E-state index contributed by atoms with van der Waals surface area (Å²) < 4.78 is 0. The minimum atomic E-state index is -0.906. The first-order chi connectivity index (χ1) is 11.5. The fraction of sp³-hybridized carbons (Fsp3) is 0.500. The number of carboxylic acid groups (broad SMARTS) is 1. The van der Waals surface area contributed by atoms with Crippen LogP contribution < -0.4 is 10.2 Å². The van der Waals surface area contributed by atoms with Crippen LogP contribution in [0.2, 0.25) is 0 Å². The maximum Gasteiger partial charge on any atom is 0.305 e. The third-order valence-electron chi connectivity index (χ3n) is 4.95. The molecular weight excluding hydrogens is 308 g/mol. The van der Waals surface area contributed by atoms with Crippen molar-refractivity contribution in [1.29, 1.82) is 0 Å². The van der Waals surface area contributed by atoms with E-state index in [4.69, 9.17) is 5.11 Å². The quantitative estimate of drug-likeness (QED) is 0.863. The van der Waals surface area contributed by atoms with Gasteiger partial charge in [0.1, 0.15) is 6.54 Å². The molecule has 6 heteroatoms. The number of nitrogens with zero attached hydrogens (tertiary/aromatic N) is 1. The molecule has 1 saturated carbocycles. The number of carboxylic acids is 1. The molecule has 1 aliphatic carbocycles. The zero-order valence-electron chi connectivity index (χ0n) is 13.6. The highest BCUT2D eigenvalue weighted by atomic mass is 16.4. The van der Waals surface area contributed by atoms with E-state index in [1.165, 1.54) is 4.90 Å². The third-order valence-corrected chi connectivity index (χ3v) is 4.95. The van der Waals surface area contributed by atoms with Crippen LogP contribution in [0.1, 0.15) is 44.1 Å². The number of nitrogens with one attached hydrogen (secondary N) is 1. The summed E-state index contributed by atoms with van der Waals surface area (Å²) in [6.45, 7) is -0.0583. The molecule has 0 bridgehead atoms. The average molecular weight is 330 g/mol. The van der Waals surface area contributed by atoms with E-state index in [0.29, 0.717) is 25.7 Å². The Hall–Kier alpha value is -2.37. The van der Waals surface area contributed by atoms with E-state index in [0.717, 1.165) is 24.1 Å². The highest BCUT2D eigenvalue weighted by Gasteiger charge is 2.38. The van der Waals surface area contributed by atoms with E-state index < -0.39 is 11.5 Å².